The van der Waals surface area contributed by atoms with Crippen LogP contribution in [0.15, 0.2) is 0 Å². The fraction of sp³-hybridized carbons (Fsp3) is 0.950. The van der Waals surface area contributed by atoms with Crippen molar-refractivity contribution < 1.29 is 30.9 Å². The summed E-state index contributed by atoms with van der Waals surface area (Å²) in [5.41, 5.74) is -5.53. The van der Waals surface area contributed by atoms with E-state index in [1.165, 1.54) is 77.0 Å². The molecule has 0 aliphatic heterocycles. The number of carbonyl (C=O) groups is 1. The lowest BCUT2D eigenvalue weighted by Crippen LogP contribution is -2.40. The highest BCUT2D eigenvalue weighted by atomic mass is 32.2. The molecule has 1 unspecified atom stereocenters. The van der Waals surface area contributed by atoms with Crippen LogP contribution in [0.4, 0.5) is 13.2 Å². The second-order valence-electron chi connectivity index (χ2n) is 8.58. The van der Waals surface area contributed by atoms with Crippen molar-refractivity contribution in [2.24, 2.45) is 11.8 Å². The third-order valence-electron chi connectivity index (χ3n) is 6.43. The van der Waals surface area contributed by atoms with Gasteiger partial charge in [-0.1, -0.05) is 38.5 Å². The minimum atomic E-state index is -5.84. The van der Waals surface area contributed by atoms with Crippen molar-refractivity contribution in [1.29, 1.82) is 0 Å². The van der Waals surface area contributed by atoms with Crippen molar-refractivity contribution in [2.45, 2.75) is 106 Å². The minimum Gasteiger partial charge on any atom is -0.294 e. The summed E-state index contributed by atoms with van der Waals surface area (Å²) in [7, 11) is -5.84. The van der Waals surface area contributed by atoms with E-state index in [1.54, 1.807) is 11.8 Å². The number of hydrogen-bond acceptors (Lipinski definition) is 3. The van der Waals surface area contributed by atoms with Gasteiger partial charge in [0, 0.05) is 24.7 Å². The van der Waals surface area contributed by atoms with Crippen LogP contribution in [0.3, 0.4) is 0 Å². The molecular formula is C20H34F3O4S2+. The Hall–Kier alpha value is -0.280. The Balaban J connectivity index is 0.000000321. The molecule has 0 spiro atoms. The number of halogens is 3. The Morgan fingerprint density at radius 2 is 1.24 bits per heavy atom. The van der Waals surface area contributed by atoms with Crippen molar-refractivity contribution in [3.8, 4) is 0 Å². The molecule has 0 amide bonds. The first-order valence-corrected chi connectivity index (χ1v) is 13.3. The van der Waals surface area contributed by atoms with Crippen LogP contribution in [0.5, 0.6) is 0 Å². The van der Waals surface area contributed by atoms with Gasteiger partial charge in [0.05, 0.1) is 0 Å². The number of alkyl halides is 3. The number of rotatable bonds is 4. The van der Waals surface area contributed by atoms with E-state index in [0.717, 1.165) is 29.9 Å². The Kier molecular flexibility index (Phi) is 9.80. The van der Waals surface area contributed by atoms with Crippen molar-refractivity contribution >= 4 is 27.7 Å². The van der Waals surface area contributed by atoms with E-state index in [4.69, 9.17) is 13.0 Å². The van der Waals surface area contributed by atoms with Gasteiger partial charge in [-0.3, -0.25) is 9.35 Å². The first-order valence-electron chi connectivity index (χ1n) is 10.9. The lowest BCUT2D eigenvalue weighted by atomic mass is 9.77. The monoisotopic (exact) mass is 459 g/mol. The Labute approximate surface area is 176 Å². The molecule has 0 saturated heterocycles. The summed E-state index contributed by atoms with van der Waals surface area (Å²) in [6.45, 7) is 0. The average molecular weight is 460 g/mol. The lowest BCUT2D eigenvalue weighted by Gasteiger charge is -2.34. The van der Waals surface area contributed by atoms with Crippen molar-refractivity contribution in [3.05, 3.63) is 0 Å². The molecule has 3 saturated carbocycles. The highest BCUT2D eigenvalue weighted by Gasteiger charge is 2.44. The van der Waals surface area contributed by atoms with Gasteiger partial charge in [0.1, 0.15) is 5.25 Å². The first-order chi connectivity index (χ1) is 13.6. The number of thiol groups is 1. The number of ketones is 1. The van der Waals surface area contributed by atoms with E-state index in [0.29, 0.717) is 11.0 Å². The Bertz CT molecular complexity index is 592. The molecule has 170 valence electrons. The zero-order chi connectivity index (χ0) is 21.5. The molecular weight excluding hydrogens is 425 g/mol. The fourth-order valence-corrected chi connectivity index (χ4v) is 7.04. The van der Waals surface area contributed by atoms with Crippen LogP contribution < -0.4 is 0 Å². The van der Waals surface area contributed by atoms with Gasteiger partial charge in [0.25, 0.3) is 0 Å². The fourth-order valence-electron chi connectivity index (χ4n) is 4.91. The predicted molar refractivity (Wildman–Crippen MR) is 111 cm³/mol. The number of Topliss-reactive ketones (excluding diaryl/α,β-unsaturated/α-hetero) is 1. The third-order valence-corrected chi connectivity index (χ3v) is 9.11. The second-order valence-corrected chi connectivity index (χ2v) is 11.5. The maximum atomic E-state index is 12.3. The zero-order valence-corrected chi connectivity index (χ0v) is 18.6. The number of hydrogen-bond donors (Lipinski definition) is 1. The molecule has 1 N–H and O–H groups in total. The van der Waals surface area contributed by atoms with Gasteiger partial charge in [-0.15, -0.1) is 0 Å². The smallest absolute Gasteiger partial charge is 0.294 e. The molecule has 4 nitrogen and oxygen atoms in total. The van der Waals surface area contributed by atoms with Gasteiger partial charge in [-0.2, -0.15) is 21.6 Å². The van der Waals surface area contributed by atoms with Gasteiger partial charge >= 0.3 is 15.6 Å². The van der Waals surface area contributed by atoms with E-state index in [2.05, 4.69) is 0 Å². The van der Waals surface area contributed by atoms with Crippen molar-refractivity contribution in [2.75, 3.05) is 0 Å². The molecule has 0 heterocycles. The van der Waals surface area contributed by atoms with Crippen molar-refractivity contribution in [3.63, 3.8) is 0 Å². The van der Waals surface area contributed by atoms with E-state index >= 15 is 0 Å². The lowest BCUT2D eigenvalue weighted by molar-refractivity contribution is -0.119. The summed E-state index contributed by atoms with van der Waals surface area (Å²) in [5.74, 6) is 2.48. The summed E-state index contributed by atoms with van der Waals surface area (Å²) in [6.07, 6.45) is 19.0. The van der Waals surface area contributed by atoms with Crippen molar-refractivity contribution in [1.82, 2.24) is 0 Å². The molecule has 3 fully saturated rings. The van der Waals surface area contributed by atoms with Gasteiger partial charge in [-0.25, -0.2) is 0 Å². The van der Waals surface area contributed by atoms with Gasteiger partial charge in [-0.05, 0) is 50.3 Å². The largest absolute Gasteiger partial charge is 0.522 e. The molecule has 0 radical (unpaired) electrons. The first kappa shape index (κ1) is 25.0. The molecule has 0 aromatic heterocycles. The molecule has 3 aliphatic rings. The summed E-state index contributed by atoms with van der Waals surface area (Å²) >= 11 is 1.55. The quantitative estimate of drug-likeness (QED) is 0.270. The van der Waals surface area contributed by atoms with Gasteiger partial charge in [0.2, 0.25) is 0 Å². The number of carbonyl (C=O) groups excluding carboxylic acids is 1. The third kappa shape index (κ3) is 8.05. The molecule has 3 aliphatic carbocycles. The normalized spacial score (nSPS) is 25.6. The van der Waals surface area contributed by atoms with Crippen LogP contribution in [0, 0.1) is 11.8 Å². The van der Waals surface area contributed by atoms with Crippen LogP contribution in [0.2, 0.25) is 0 Å². The Morgan fingerprint density at radius 3 is 1.62 bits per heavy atom. The van der Waals surface area contributed by atoms with E-state index < -0.39 is 15.6 Å². The van der Waals surface area contributed by atoms with Crippen LogP contribution >= 0.6 is 0 Å². The topological polar surface area (TPSA) is 71.4 Å². The van der Waals surface area contributed by atoms with Crippen LogP contribution in [-0.4, -0.2) is 34.8 Å². The summed E-state index contributed by atoms with van der Waals surface area (Å²) < 4.78 is 57.5. The maximum absolute atomic E-state index is 12.3. The summed E-state index contributed by atoms with van der Waals surface area (Å²) in [4.78, 5) is 12.3. The molecule has 3 rings (SSSR count). The molecule has 29 heavy (non-hydrogen) atoms. The molecule has 0 bridgehead atoms. The van der Waals surface area contributed by atoms with Crippen LogP contribution in [0.1, 0.15) is 89.9 Å². The standard InChI is InChI=1S/C19H32OS.CHF3O3S/c20-17-13-7-8-14-18(17)21-19(15-9-3-1-4-10-15)16-11-5-2-6-12-16;2-1(3,4)8(5,6)7/h15-16,18-19H,1-14H2;(H,5,6,7)/p+1. The van der Waals surface area contributed by atoms with Crippen LogP contribution in [0.25, 0.3) is 0 Å². The molecule has 0 aromatic rings. The van der Waals surface area contributed by atoms with E-state index in [9.17, 15) is 18.0 Å². The van der Waals surface area contributed by atoms with E-state index in [-0.39, 0.29) is 0 Å². The summed E-state index contributed by atoms with van der Waals surface area (Å²) in [5, 5.41) is 1.27. The zero-order valence-electron chi connectivity index (χ0n) is 16.9. The molecule has 0 aromatic carbocycles. The Morgan fingerprint density at radius 1 is 0.828 bits per heavy atom. The summed E-state index contributed by atoms with van der Waals surface area (Å²) in [6, 6.07) is 0. The second kappa shape index (κ2) is 11.4. The predicted octanol–water partition coefficient (Wildman–Crippen LogP) is 5.24. The molecule has 1 atom stereocenters. The maximum Gasteiger partial charge on any atom is 0.522 e. The molecule has 9 heteroatoms. The minimum absolute atomic E-state index is 0.410. The SMILES string of the molecule is O=C1CCCCC1[SH+]C(C1CCCCC1)C1CCCCC1.O=S(=O)(O)C(F)(F)F. The highest BCUT2D eigenvalue weighted by molar-refractivity contribution is 7.86. The van der Waals surface area contributed by atoms with E-state index in [1.807, 2.05) is 0 Å². The van der Waals surface area contributed by atoms with Gasteiger partial charge in [0.15, 0.2) is 11.0 Å². The van der Waals surface area contributed by atoms with Crippen LogP contribution in [-0.2, 0) is 26.7 Å². The average Bonchev–Trinajstić information content (AvgIpc) is 2.68. The van der Waals surface area contributed by atoms with Gasteiger partial charge < -0.3 is 0 Å². The highest BCUT2D eigenvalue weighted by Crippen LogP contribution is 2.39.